The van der Waals surface area contributed by atoms with E-state index in [1.54, 1.807) is 0 Å². The van der Waals surface area contributed by atoms with Gasteiger partial charge >= 0.3 is 20.2 Å². The topological polar surface area (TPSA) is 88.1 Å². The third-order valence-electron chi connectivity index (χ3n) is 1.98. The first-order valence-electron chi connectivity index (χ1n) is 3.97. The summed E-state index contributed by atoms with van der Waals surface area (Å²) in [5.74, 6) is -1.67. The van der Waals surface area contributed by atoms with Crippen LogP contribution in [0.3, 0.4) is 0 Å². The van der Waals surface area contributed by atoms with Gasteiger partial charge in [0.1, 0.15) is 13.2 Å². The number of ether oxygens (including phenoxy) is 2. The highest BCUT2D eigenvalue weighted by molar-refractivity contribution is 7.33. The fraction of sp³-hybridized carbons (Fsp3) is 0.714. The third-order valence-corrected chi connectivity index (χ3v) is 2.66. The van der Waals surface area contributed by atoms with Crippen molar-refractivity contribution in [3.05, 3.63) is 0 Å². The first-order valence-corrected chi connectivity index (χ1v) is 5.06. The summed E-state index contributed by atoms with van der Waals surface area (Å²) >= 11 is 0. The quantitative estimate of drug-likeness (QED) is 0.380. The second-order valence-corrected chi connectivity index (χ2v) is 3.80. The zero-order valence-corrected chi connectivity index (χ0v) is 9.11. The zero-order chi connectivity index (χ0) is 11.5. The van der Waals surface area contributed by atoms with Crippen LogP contribution in [0.15, 0.2) is 0 Å². The van der Waals surface area contributed by atoms with Crippen LogP contribution in [0.25, 0.3) is 0 Å². The molecule has 0 saturated carbocycles. The number of methoxy groups -OCH3 is 2. The molecule has 1 saturated heterocycles. The van der Waals surface area contributed by atoms with Crippen molar-refractivity contribution in [2.45, 2.75) is 0 Å². The highest BCUT2D eigenvalue weighted by Crippen LogP contribution is 2.38. The lowest BCUT2D eigenvalue weighted by Crippen LogP contribution is -2.49. The van der Waals surface area contributed by atoms with Gasteiger partial charge in [0.25, 0.3) is 0 Å². The van der Waals surface area contributed by atoms with Gasteiger partial charge in [-0.25, -0.2) is 0 Å². The van der Waals surface area contributed by atoms with Crippen LogP contribution in [0, 0.1) is 5.41 Å². The van der Waals surface area contributed by atoms with E-state index in [9.17, 15) is 14.2 Å². The van der Waals surface area contributed by atoms with E-state index in [0.717, 1.165) is 14.2 Å². The zero-order valence-electron chi connectivity index (χ0n) is 8.22. The van der Waals surface area contributed by atoms with Gasteiger partial charge in [0.15, 0.2) is 0 Å². The SMILES string of the molecule is COC(=O)C1(C(=O)OC)CO[P+](=O)OC1. The molecule has 0 aromatic carbocycles. The monoisotopic (exact) mass is 237 g/mol. The molecule has 0 atom stereocenters. The van der Waals surface area contributed by atoms with Crippen molar-refractivity contribution < 1.29 is 32.7 Å². The summed E-state index contributed by atoms with van der Waals surface area (Å²) in [5.41, 5.74) is -1.67. The van der Waals surface area contributed by atoms with Gasteiger partial charge in [0, 0.05) is 4.57 Å². The smallest absolute Gasteiger partial charge is 0.468 e. The summed E-state index contributed by atoms with van der Waals surface area (Å²) in [7, 11) is -0.0220. The highest BCUT2D eigenvalue weighted by atomic mass is 31.1. The lowest BCUT2D eigenvalue weighted by molar-refractivity contribution is -0.176. The molecule has 0 radical (unpaired) electrons. The molecule has 1 aliphatic heterocycles. The summed E-state index contributed by atoms with van der Waals surface area (Å²) in [6, 6.07) is 0. The molecule has 1 heterocycles. The number of rotatable bonds is 2. The Morgan fingerprint density at radius 2 is 1.53 bits per heavy atom. The Morgan fingerprint density at radius 3 is 1.87 bits per heavy atom. The highest BCUT2D eigenvalue weighted by Gasteiger charge is 2.57. The summed E-state index contributed by atoms with van der Waals surface area (Å²) in [6.07, 6.45) is 0. The average molecular weight is 237 g/mol. The summed E-state index contributed by atoms with van der Waals surface area (Å²) in [6.45, 7) is -0.747. The van der Waals surface area contributed by atoms with Gasteiger partial charge in [0.2, 0.25) is 5.41 Å². The Morgan fingerprint density at radius 1 is 1.13 bits per heavy atom. The molecule has 0 aromatic heterocycles. The molecule has 84 valence electrons. The Labute approximate surface area is 86.6 Å². The second-order valence-electron chi connectivity index (χ2n) is 2.84. The van der Waals surface area contributed by atoms with E-state index in [2.05, 4.69) is 18.5 Å². The van der Waals surface area contributed by atoms with Gasteiger partial charge < -0.3 is 9.47 Å². The largest absolute Gasteiger partial charge is 0.697 e. The van der Waals surface area contributed by atoms with E-state index in [-0.39, 0.29) is 13.2 Å². The van der Waals surface area contributed by atoms with Crippen molar-refractivity contribution in [2.24, 2.45) is 5.41 Å². The van der Waals surface area contributed by atoms with E-state index in [1.165, 1.54) is 0 Å². The predicted octanol–water partition coefficient (Wildman–Crippen LogP) is 0.0230. The molecule has 0 amide bonds. The van der Waals surface area contributed by atoms with E-state index in [1.807, 2.05) is 0 Å². The Balaban J connectivity index is 2.92. The molecular formula is C7H10O7P+. The molecule has 0 bridgehead atoms. The van der Waals surface area contributed by atoms with E-state index < -0.39 is 25.6 Å². The van der Waals surface area contributed by atoms with Crippen molar-refractivity contribution in [2.75, 3.05) is 27.4 Å². The number of hydrogen-bond acceptors (Lipinski definition) is 7. The molecule has 15 heavy (non-hydrogen) atoms. The molecule has 0 N–H and O–H groups in total. The molecule has 1 fully saturated rings. The number of carbonyl (C=O) groups is 2. The maximum Gasteiger partial charge on any atom is 0.697 e. The van der Waals surface area contributed by atoms with Crippen LogP contribution < -0.4 is 0 Å². The van der Waals surface area contributed by atoms with E-state index >= 15 is 0 Å². The lowest BCUT2D eigenvalue weighted by Gasteiger charge is -2.24. The Hall–Kier alpha value is -1.04. The standard InChI is InChI=1S/C7H10O7P/c1-11-5(8)7(6(9)12-2)3-13-15(10)14-4-7/h3-4H2,1-2H3/q+1. The minimum Gasteiger partial charge on any atom is -0.468 e. The fourth-order valence-electron chi connectivity index (χ4n) is 1.11. The van der Waals surface area contributed by atoms with E-state index in [0.29, 0.717) is 0 Å². The predicted molar refractivity (Wildman–Crippen MR) is 46.0 cm³/mol. The Bertz CT molecular complexity index is 272. The van der Waals surface area contributed by atoms with Crippen LogP contribution in [-0.2, 0) is 32.7 Å². The van der Waals surface area contributed by atoms with Crippen molar-refractivity contribution in [1.29, 1.82) is 0 Å². The molecule has 1 aliphatic rings. The van der Waals surface area contributed by atoms with Gasteiger partial charge in [-0.05, 0) is 0 Å². The van der Waals surface area contributed by atoms with Crippen LogP contribution in [0.2, 0.25) is 0 Å². The third kappa shape index (κ3) is 2.14. The van der Waals surface area contributed by atoms with Crippen LogP contribution in [0.4, 0.5) is 0 Å². The minimum atomic E-state index is -2.28. The van der Waals surface area contributed by atoms with Gasteiger partial charge in [0.05, 0.1) is 14.2 Å². The summed E-state index contributed by atoms with van der Waals surface area (Å²) < 4.78 is 28.9. The van der Waals surface area contributed by atoms with Crippen molar-refractivity contribution in [1.82, 2.24) is 0 Å². The minimum absolute atomic E-state index is 0.373. The molecule has 7 nitrogen and oxygen atoms in total. The maximum atomic E-state index is 11.4. The number of esters is 2. The summed E-state index contributed by atoms with van der Waals surface area (Å²) in [5, 5.41) is 0. The van der Waals surface area contributed by atoms with Crippen LogP contribution >= 0.6 is 8.25 Å². The van der Waals surface area contributed by atoms with Crippen molar-refractivity contribution in [3.8, 4) is 0 Å². The molecule has 8 heteroatoms. The first kappa shape index (κ1) is 12.0. The normalized spacial score (nSPS) is 19.5. The lowest BCUT2D eigenvalue weighted by atomic mass is 9.90. The Kier molecular flexibility index (Phi) is 3.73. The summed E-state index contributed by atoms with van der Waals surface area (Å²) in [4.78, 5) is 22.8. The van der Waals surface area contributed by atoms with Crippen LogP contribution in [0.1, 0.15) is 0 Å². The van der Waals surface area contributed by atoms with Crippen LogP contribution in [0.5, 0.6) is 0 Å². The molecule has 0 spiro atoms. The molecule has 0 aliphatic carbocycles. The number of carbonyl (C=O) groups excluding carboxylic acids is 2. The fourth-order valence-corrected chi connectivity index (χ4v) is 1.84. The van der Waals surface area contributed by atoms with Gasteiger partial charge in [-0.15, -0.1) is 9.05 Å². The van der Waals surface area contributed by atoms with Gasteiger partial charge in [-0.2, -0.15) is 0 Å². The molecule has 1 rings (SSSR count). The van der Waals surface area contributed by atoms with E-state index in [4.69, 9.17) is 0 Å². The van der Waals surface area contributed by atoms with Crippen molar-refractivity contribution in [3.63, 3.8) is 0 Å². The second kappa shape index (κ2) is 4.65. The molecular weight excluding hydrogens is 227 g/mol. The maximum absolute atomic E-state index is 11.4. The van der Waals surface area contributed by atoms with Crippen LogP contribution in [-0.4, -0.2) is 39.4 Å². The van der Waals surface area contributed by atoms with Crippen molar-refractivity contribution >= 4 is 20.2 Å². The average Bonchev–Trinajstić information content (AvgIpc) is 2.28. The molecule has 0 aromatic rings. The van der Waals surface area contributed by atoms with Gasteiger partial charge in [-0.3, -0.25) is 9.59 Å². The molecule has 0 unspecified atom stereocenters. The van der Waals surface area contributed by atoms with Gasteiger partial charge in [-0.1, -0.05) is 0 Å². The number of hydrogen-bond donors (Lipinski definition) is 0. The first-order chi connectivity index (χ1) is 7.06.